The second-order valence-corrected chi connectivity index (χ2v) is 4.36. The van der Waals surface area contributed by atoms with E-state index >= 15 is 0 Å². The minimum atomic E-state index is -0.494. The van der Waals surface area contributed by atoms with E-state index in [1.165, 1.54) is 13.3 Å². The Bertz CT molecular complexity index is 516. The van der Waals surface area contributed by atoms with Crippen molar-refractivity contribution in [1.29, 1.82) is 0 Å². The van der Waals surface area contributed by atoms with Gasteiger partial charge in [0, 0.05) is 24.5 Å². The summed E-state index contributed by atoms with van der Waals surface area (Å²) in [6, 6.07) is 0. The number of carbonyl (C=O) groups is 1. The zero-order chi connectivity index (χ0) is 12.8. The van der Waals surface area contributed by atoms with Crippen molar-refractivity contribution in [2.75, 3.05) is 19.0 Å². The quantitative estimate of drug-likeness (QED) is 0.822. The summed E-state index contributed by atoms with van der Waals surface area (Å²) in [5, 5.41) is 6.08. The van der Waals surface area contributed by atoms with Gasteiger partial charge in [-0.1, -0.05) is 0 Å². The van der Waals surface area contributed by atoms with Gasteiger partial charge in [0.1, 0.15) is 5.82 Å². The minimum Gasteiger partial charge on any atom is -0.464 e. The van der Waals surface area contributed by atoms with Crippen LogP contribution in [0.2, 0.25) is 0 Å². The molecule has 0 unspecified atom stereocenters. The fraction of sp³-hybridized carbons (Fsp3) is 0.273. The summed E-state index contributed by atoms with van der Waals surface area (Å²) in [6.07, 6.45) is 5.52. The third kappa shape index (κ3) is 3.24. The molecule has 2 aromatic rings. The van der Waals surface area contributed by atoms with E-state index in [0.717, 1.165) is 11.4 Å². The van der Waals surface area contributed by atoms with E-state index in [1.807, 2.05) is 5.38 Å². The highest BCUT2D eigenvalue weighted by atomic mass is 32.1. The number of nitrogens with one attached hydrogen (secondary N) is 1. The predicted molar refractivity (Wildman–Crippen MR) is 67.7 cm³/mol. The minimum absolute atomic E-state index is 0.191. The second kappa shape index (κ2) is 6.06. The highest BCUT2D eigenvalue weighted by Crippen LogP contribution is 2.06. The molecule has 0 saturated heterocycles. The first-order valence-electron chi connectivity index (χ1n) is 5.32. The maximum Gasteiger partial charge on any atom is 0.358 e. The summed E-state index contributed by atoms with van der Waals surface area (Å²) in [5.41, 5.74) is 0.191. The van der Waals surface area contributed by atoms with Gasteiger partial charge >= 0.3 is 5.97 Å². The molecule has 0 saturated carbocycles. The lowest BCUT2D eigenvalue weighted by atomic mass is 10.4. The molecule has 7 heteroatoms. The average molecular weight is 264 g/mol. The summed E-state index contributed by atoms with van der Waals surface area (Å²) >= 11 is 1.61. The van der Waals surface area contributed by atoms with Crippen molar-refractivity contribution in [2.45, 2.75) is 6.42 Å². The van der Waals surface area contributed by atoms with Crippen LogP contribution in [0.1, 0.15) is 15.5 Å². The van der Waals surface area contributed by atoms with Crippen LogP contribution in [0.15, 0.2) is 24.0 Å². The molecule has 1 N–H and O–H groups in total. The van der Waals surface area contributed by atoms with Crippen molar-refractivity contribution in [2.24, 2.45) is 0 Å². The summed E-state index contributed by atoms with van der Waals surface area (Å²) in [6.45, 7) is 0.687. The first-order chi connectivity index (χ1) is 8.79. The van der Waals surface area contributed by atoms with Crippen LogP contribution in [0.3, 0.4) is 0 Å². The molecule has 2 aromatic heterocycles. The first-order valence-corrected chi connectivity index (χ1v) is 6.20. The summed E-state index contributed by atoms with van der Waals surface area (Å²) in [4.78, 5) is 23.5. The van der Waals surface area contributed by atoms with Crippen molar-refractivity contribution in [1.82, 2.24) is 15.0 Å². The van der Waals surface area contributed by atoms with Gasteiger partial charge in [-0.15, -0.1) is 11.3 Å². The Morgan fingerprint density at radius 1 is 1.50 bits per heavy atom. The van der Waals surface area contributed by atoms with Crippen LogP contribution < -0.4 is 5.32 Å². The number of methoxy groups -OCH3 is 1. The SMILES string of the molecule is COC(=O)c1cncc(NCCc2nccs2)n1. The molecule has 0 atom stereocenters. The Morgan fingerprint density at radius 2 is 2.39 bits per heavy atom. The molecule has 0 aliphatic rings. The Morgan fingerprint density at radius 3 is 3.11 bits per heavy atom. The first kappa shape index (κ1) is 12.4. The molecule has 0 radical (unpaired) electrons. The molecule has 18 heavy (non-hydrogen) atoms. The van der Waals surface area contributed by atoms with Gasteiger partial charge in [-0.3, -0.25) is 4.98 Å². The van der Waals surface area contributed by atoms with E-state index < -0.39 is 5.97 Å². The molecule has 0 aromatic carbocycles. The maximum absolute atomic E-state index is 11.3. The lowest BCUT2D eigenvalue weighted by Crippen LogP contribution is -2.10. The van der Waals surface area contributed by atoms with Crippen molar-refractivity contribution in [3.63, 3.8) is 0 Å². The van der Waals surface area contributed by atoms with Crippen LogP contribution in [-0.2, 0) is 11.2 Å². The highest BCUT2D eigenvalue weighted by Gasteiger charge is 2.08. The Hall–Kier alpha value is -2.02. The van der Waals surface area contributed by atoms with Gasteiger partial charge in [-0.25, -0.2) is 14.8 Å². The fourth-order valence-corrected chi connectivity index (χ4v) is 1.95. The van der Waals surface area contributed by atoms with Gasteiger partial charge in [-0.2, -0.15) is 0 Å². The molecule has 0 aliphatic carbocycles. The van der Waals surface area contributed by atoms with E-state index in [-0.39, 0.29) is 5.69 Å². The number of ether oxygens (including phenoxy) is 1. The third-order valence-corrected chi connectivity index (χ3v) is 3.00. The van der Waals surface area contributed by atoms with E-state index in [9.17, 15) is 4.79 Å². The lowest BCUT2D eigenvalue weighted by Gasteiger charge is -2.04. The lowest BCUT2D eigenvalue weighted by molar-refractivity contribution is 0.0593. The smallest absolute Gasteiger partial charge is 0.358 e. The van der Waals surface area contributed by atoms with Crippen molar-refractivity contribution < 1.29 is 9.53 Å². The number of carbonyl (C=O) groups excluding carboxylic acids is 1. The van der Waals surface area contributed by atoms with Crippen molar-refractivity contribution in [3.05, 3.63) is 34.7 Å². The number of hydrogen-bond acceptors (Lipinski definition) is 7. The van der Waals surface area contributed by atoms with E-state index in [4.69, 9.17) is 0 Å². The molecule has 0 bridgehead atoms. The molecular weight excluding hydrogens is 252 g/mol. The molecule has 6 nitrogen and oxygen atoms in total. The summed E-state index contributed by atoms with van der Waals surface area (Å²) in [7, 11) is 1.31. The number of anilines is 1. The monoisotopic (exact) mass is 264 g/mol. The molecule has 0 spiro atoms. The van der Waals surface area contributed by atoms with Gasteiger partial charge in [0.15, 0.2) is 5.69 Å². The number of thiazole rings is 1. The van der Waals surface area contributed by atoms with Crippen LogP contribution >= 0.6 is 11.3 Å². The van der Waals surface area contributed by atoms with Gasteiger partial charge in [-0.05, 0) is 0 Å². The molecule has 0 aliphatic heterocycles. The van der Waals surface area contributed by atoms with Crippen LogP contribution in [0.5, 0.6) is 0 Å². The zero-order valence-corrected chi connectivity index (χ0v) is 10.6. The second-order valence-electron chi connectivity index (χ2n) is 3.38. The maximum atomic E-state index is 11.3. The van der Waals surface area contributed by atoms with Crippen molar-refractivity contribution in [3.8, 4) is 0 Å². The van der Waals surface area contributed by atoms with Gasteiger partial charge in [0.05, 0.1) is 24.5 Å². The van der Waals surface area contributed by atoms with Gasteiger partial charge in [0.2, 0.25) is 0 Å². The molecule has 94 valence electrons. The molecule has 0 amide bonds. The molecule has 0 fully saturated rings. The van der Waals surface area contributed by atoms with Gasteiger partial charge < -0.3 is 10.1 Å². The average Bonchev–Trinajstić information content (AvgIpc) is 2.91. The van der Waals surface area contributed by atoms with E-state index in [0.29, 0.717) is 12.4 Å². The molecule has 2 rings (SSSR count). The largest absolute Gasteiger partial charge is 0.464 e. The third-order valence-electron chi connectivity index (χ3n) is 2.16. The zero-order valence-electron chi connectivity index (χ0n) is 9.79. The standard InChI is InChI=1S/C11H12N4O2S/c1-17-11(16)8-6-12-7-9(15-8)13-3-2-10-14-4-5-18-10/h4-7H,2-3H2,1H3,(H,13,15). The number of esters is 1. The van der Waals surface area contributed by atoms with Crippen LogP contribution in [0.4, 0.5) is 5.82 Å². The van der Waals surface area contributed by atoms with E-state index in [2.05, 4.69) is 25.0 Å². The van der Waals surface area contributed by atoms with Gasteiger partial charge in [0.25, 0.3) is 0 Å². The van der Waals surface area contributed by atoms with Crippen LogP contribution in [0.25, 0.3) is 0 Å². The normalized spacial score (nSPS) is 10.1. The number of rotatable bonds is 5. The Kier molecular flexibility index (Phi) is 4.19. The summed E-state index contributed by atoms with van der Waals surface area (Å²) < 4.78 is 4.58. The fourth-order valence-electron chi connectivity index (χ4n) is 1.33. The molecule has 2 heterocycles. The Labute approximate surface area is 108 Å². The summed E-state index contributed by atoms with van der Waals surface area (Å²) in [5.74, 6) is 0.0560. The number of aromatic nitrogens is 3. The number of hydrogen-bond donors (Lipinski definition) is 1. The molecular formula is C11H12N4O2S. The Balaban J connectivity index is 1.91. The van der Waals surface area contributed by atoms with Crippen molar-refractivity contribution >= 4 is 23.1 Å². The van der Waals surface area contributed by atoms with Crippen LogP contribution in [0, 0.1) is 0 Å². The number of nitrogens with zero attached hydrogens (tertiary/aromatic N) is 3. The van der Waals surface area contributed by atoms with Crippen LogP contribution in [-0.4, -0.2) is 34.6 Å². The topological polar surface area (TPSA) is 77.0 Å². The highest BCUT2D eigenvalue weighted by molar-refractivity contribution is 7.09. The predicted octanol–water partition coefficient (Wildman–Crippen LogP) is 1.37. The van der Waals surface area contributed by atoms with E-state index in [1.54, 1.807) is 23.7 Å².